The van der Waals surface area contributed by atoms with Gasteiger partial charge in [0.15, 0.2) is 9.84 Å². The van der Waals surface area contributed by atoms with E-state index >= 15 is 0 Å². The Hall–Kier alpha value is -3.18. The van der Waals surface area contributed by atoms with E-state index in [9.17, 15) is 31.5 Å². The van der Waals surface area contributed by atoms with Crippen LogP contribution in [-0.4, -0.2) is 37.8 Å². The average Bonchev–Trinajstić information content (AvgIpc) is 2.77. The van der Waals surface area contributed by atoms with Crippen LogP contribution in [0.1, 0.15) is 21.2 Å². The maximum absolute atomic E-state index is 13.0. The number of phenolic OH excluding ortho intramolecular Hbond substituents is 1. The highest BCUT2D eigenvalue weighted by Gasteiger charge is 2.34. The van der Waals surface area contributed by atoms with E-state index in [1.165, 1.54) is 30.3 Å². The van der Waals surface area contributed by atoms with Crippen molar-refractivity contribution < 1.29 is 36.2 Å². The van der Waals surface area contributed by atoms with Crippen LogP contribution >= 0.6 is 11.8 Å². The van der Waals surface area contributed by atoms with Crippen LogP contribution in [0.3, 0.4) is 0 Å². The summed E-state index contributed by atoms with van der Waals surface area (Å²) in [4.78, 5) is 12.2. The van der Waals surface area contributed by atoms with Crippen LogP contribution in [0.15, 0.2) is 77.7 Å². The molecule has 0 spiro atoms. The summed E-state index contributed by atoms with van der Waals surface area (Å²) in [6, 6.07) is 17.6. The minimum atomic E-state index is -4.43. The van der Waals surface area contributed by atoms with Gasteiger partial charge in [-0.2, -0.15) is 13.2 Å². The molecule has 3 rings (SSSR count). The molecule has 0 aliphatic heterocycles. The fourth-order valence-electron chi connectivity index (χ4n) is 2.99. The Morgan fingerprint density at radius 1 is 1.06 bits per heavy atom. The lowest BCUT2D eigenvalue weighted by atomic mass is 10.1. The first-order valence-electron chi connectivity index (χ1n) is 9.79. The molecule has 6 nitrogen and oxygen atoms in total. The Kier molecular flexibility index (Phi) is 7.78. The minimum absolute atomic E-state index is 0.162. The molecule has 0 aliphatic rings. The number of thioether (sulfide) groups is 1. The van der Waals surface area contributed by atoms with Gasteiger partial charge in [0.2, 0.25) is 0 Å². The number of amides is 1. The Morgan fingerprint density at radius 2 is 1.71 bits per heavy atom. The van der Waals surface area contributed by atoms with Gasteiger partial charge >= 0.3 is 5.51 Å². The summed E-state index contributed by atoms with van der Waals surface area (Å²) in [5, 5.41) is 11.3. The summed E-state index contributed by atoms with van der Waals surface area (Å²) in [7, 11) is -3.70. The third-order valence-corrected chi connectivity index (χ3v) is 6.67. The third-order valence-electron chi connectivity index (χ3n) is 4.58. The average molecular weight is 512 g/mol. The number of rotatable bonds is 8. The molecule has 11 heteroatoms. The van der Waals surface area contributed by atoms with E-state index in [2.05, 4.69) is 5.32 Å². The molecule has 0 radical (unpaired) electrons. The zero-order valence-electron chi connectivity index (χ0n) is 17.7. The van der Waals surface area contributed by atoms with Crippen molar-refractivity contribution in [3.63, 3.8) is 0 Å². The highest BCUT2D eigenvalue weighted by atomic mass is 32.2. The van der Waals surface area contributed by atoms with Crippen LogP contribution in [0.2, 0.25) is 0 Å². The zero-order valence-corrected chi connectivity index (χ0v) is 19.4. The molecule has 0 saturated heterocycles. The number of hydrogen-bond donors (Lipinski definition) is 2. The first-order valence-corrected chi connectivity index (χ1v) is 12.6. The summed E-state index contributed by atoms with van der Waals surface area (Å²) in [6.45, 7) is -0.235. The predicted molar refractivity (Wildman–Crippen MR) is 124 cm³/mol. The number of phenols is 1. The van der Waals surface area contributed by atoms with E-state index in [-0.39, 0.29) is 40.3 Å². The molecular formula is C23H20F3NO5S2. The van der Waals surface area contributed by atoms with Gasteiger partial charge in [0, 0.05) is 17.5 Å². The van der Waals surface area contributed by atoms with E-state index in [1.807, 2.05) is 0 Å². The maximum atomic E-state index is 13.0. The lowest BCUT2D eigenvalue weighted by molar-refractivity contribution is -0.0337. The summed E-state index contributed by atoms with van der Waals surface area (Å²) in [5.74, 6) is -0.699. The first kappa shape index (κ1) is 25.4. The van der Waals surface area contributed by atoms with E-state index in [0.717, 1.165) is 18.4 Å². The van der Waals surface area contributed by atoms with Gasteiger partial charge in [-0.05, 0) is 59.8 Å². The Bertz CT molecular complexity index is 1250. The molecule has 2 N–H and O–H groups in total. The van der Waals surface area contributed by atoms with Crippen LogP contribution < -0.4 is 10.1 Å². The summed E-state index contributed by atoms with van der Waals surface area (Å²) < 4.78 is 67.9. The second-order valence-electron chi connectivity index (χ2n) is 7.21. The fourth-order valence-corrected chi connectivity index (χ4v) is 4.53. The number of benzene rings is 3. The summed E-state index contributed by atoms with van der Waals surface area (Å²) in [5.41, 5.74) is -3.58. The Labute approximate surface area is 198 Å². The topological polar surface area (TPSA) is 92.7 Å². The van der Waals surface area contributed by atoms with Crippen molar-refractivity contribution >= 4 is 33.2 Å². The number of nitrogens with one attached hydrogen (secondary N) is 1. The van der Waals surface area contributed by atoms with Crippen molar-refractivity contribution in [1.29, 1.82) is 0 Å². The van der Waals surface area contributed by atoms with Gasteiger partial charge in [-0.3, -0.25) is 4.79 Å². The molecule has 34 heavy (non-hydrogen) atoms. The second-order valence-corrected chi connectivity index (χ2v) is 10.5. The molecule has 1 unspecified atom stereocenters. The number of anilines is 1. The highest BCUT2D eigenvalue weighted by Crippen LogP contribution is 2.42. The van der Waals surface area contributed by atoms with Gasteiger partial charge < -0.3 is 15.2 Å². The number of alkyl halides is 3. The number of hydrogen-bond acceptors (Lipinski definition) is 6. The molecule has 3 aromatic carbocycles. The van der Waals surface area contributed by atoms with Crippen LogP contribution in [0.25, 0.3) is 0 Å². The number of sulfone groups is 1. The molecule has 0 bridgehead atoms. The summed E-state index contributed by atoms with van der Waals surface area (Å²) >= 11 is -0.162. The van der Waals surface area contributed by atoms with Crippen LogP contribution in [0, 0.1) is 0 Å². The third kappa shape index (κ3) is 7.16. The lowest BCUT2D eigenvalue weighted by Gasteiger charge is -2.19. The lowest BCUT2D eigenvalue weighted by Crippen LogP contribution is -2.14. The van der Waals surface area contributed by atoms with E-state index in [1.54, 1.807) is 30.3 Å². The highest BCUT2D eigenvalue weighted by molar-refractivity contribution is 8.00. The van der Waals surface area contributed by atoms with Gasteiger partial charge in [-0.25, -0.2) is 8.42 Å². The van der Waals surface area contributed by atoms with Gasteiger partial charge in [0.1, 0.15) is 23.0 Å². The molecule has 1 amide bonds. The molecule has 0 fully saturated rings. The van der Waals surface area contributed by atoms with Crippen LogP contribution in [0.4, 0.5) is 18.9 Å². The molecule has 3 aromatic rings. The van der Waals surface area contributed by atoms with E-state index < -0.39 is 32.3 Å². The minimum Gasteiger partial charge on any atom is -0.507 e. The van der Waals surface area contributed by atoms with E-state index in [4.69, 9.17) is 4.74 Å². The number of halogens is 3. The smallest absolute Gasteiger partial charge is 0.442 e. The standard InChI is InChI=1S/C23H20F3NO5S2/c1-34(30,31)21-13-17(9-12-19(21)28)27-22(29)16-7-10-18(11-8-16)32-14-20(33-23(24,25)26)15-5-3-2-4-6-15/h2-13,20,28H,14H2,1H3,(H,27,29). The molecular weight excluding hydrogens is 491 g/mol. The Morgan fingerprint density at radius 3 is 2.29 bits per heavy atom. The van der Waals surface area contributed by atoms with Crippen LogP contribution in [0.5, 0.6) is 11.5 Å². The van der Waals surface area contributed by atoms with Crippen molar-refractivity contribution in [3.05, 3.63) is 83.9 Å². The van der Waals surface area contributed by atoms with Crippen molar-refractivity contribution in [2.45, 2.75) is 15.7 Å². The van der Waals surface area contributed by atoms with Gasteiger partial charge in [-0.15, -0.1) is 0 Å². The Balaban J connectivity index is 1.67. The predicted octanol–water partition coefficient (Wildman–Crippen LogP) is 5.42. The normalized spacial score (nSPS) is 12.7. The molecule has 0 aromatic heterocycles. The fraction of sp³-hybridized carbons (Fsp3) is 0.174. The monoisotopic (exact) mass is 511 g/mol. The summed E-state index contributed by atoms with van der Waals surface area (Å²) in [6.07, 6.45) is 0.932. The molecule has 0 heterocycles. The van der Waals surface area contributed by atoms with Crippen molar-refractivity contribution in [1.82, 2.24) is 0 Å². The molecule has 1 atom stereocenters. The maximum Gasteiger partial charge on any atom is 0.442 e. The second kappa shape index (κ2) is 10.4. The largest absolute Gasteiger partial charge is 0.507 e. The van der Waals surface area contributed by atoms with Crippen molar-refractivity contribution in [2.24, 2.45) is 0 Å². The number of ether oxygens (including phenoxy) is 1. The van der Waals surface area contributed by atoms with Gasteiger partial charge in [0.25, 0.3) is 5.91 Å². The van der Waals surface area contributed by atoms with E-state index in [0.29, 0.717) is 5.56 Å². The number of aromatic hydroxyl groups is 1. The number of carbonyl (C=O) groups is 1. The van der Waals surface area contributed by atoms with Crippen molar-refractivity contribution in [2.75, 3.05) is 18.2 Å². The van der Waals surface area contributed by atoms with Crippen molar-refractivity contribution in [3.8, 4) is 11.5 Å². The number of carbonyl (C=O) groups excluding carboxylic acids is 1. The van der Waals surface area contributed by atoms with Gasteiger partial charge in [0.05, 0.1) is 5.25 Å². The quantitative estimate of drug-likeness (QED) is 0.393. The van der Waals surface area contributed by atoms with Gasteiger partial charge in [-0.1, -0.05) is 30.3 Å². The van der Waals surface area contributed by atoms with Crippen LogP contribution in [-0.2, 0) is 9.84 Å². The molecule has 0 saturated carbocycles. The molecule has 180 valence electrons. The first-order chi connectivity index (χ1) is 15.9. The SMILES string of the molecule is CS(=O)(=O)c1cc(NC(=O)c2ccc(OCC(SC(F)(F)F)c3ccccc3)cc2)ccc1O. The zero-order chi connectivity index (χ0) is 24.9. The molecule has 0 aliphatic carbocycles.